The quantitative estimate of drug-likeness (QED) is 0.745. The molecule has 0 aromatic heterocycles. The molecular weight excluding hydrogens is 250 g/mol. The van der Waals surface area contributed by atoms with Gasteiger partial charge >= 0.3 is 0 Å². The van der Waals surface area contributed by atoms with Crippen molar-refractivity contribution in [3.63, 3.8) is 0 Å². The summed E-state index contributed by atoms with van der Waals surface area (Å²) in [6, 6.07) is 5.48. The van der Waals surface area contributed by atoms with E-state index >= 15 is 0 Å². The van der Waals surface area contributed by atoms with Gasteiger partial charge in [0.25, 0.3) is 0 Å². The van der Waals surface area contributed by atoms with E-state index in [2.05, 4.69) is 11.2 Å². The minimum Gasteiger partial charge on any atom is -0.481 e. The summed E-state index contributed by atoms with van der Waals surface area (Å²) in [5.74, 6) is 3.15. The highest BCUT2D eigenvalue weighted by molar-refractivity contribution is 6.30. The van der Waals surface area contributed by atoms with Crippen LogP contribution in [0.4, 0.5) is 0 Å². The largest absolute Gasteiger partial charge is 0.481 e. The van der Waals surface area contributed by atoms with Crippen LogP contribution in [0.3, 0.4) is 0 Å². The first kappa shape index (κ1) is 14.8. The molecule has 1 rings (SSSR count). The Morgan fingerprint density at radius 2 is 2.33 bits per heavy atom. The maximum absolute atomic E-state index is 9.12. The van der Waals surface area contributed by atoms with Crippen LogP contribution in [0.1, 0.15) is 18.9 Å². The fraction of sp³-hybridized carbons (Fsp3) is 0.429. The summed E-state index contributed by atoms with van der Waals surface area (Å²) in [7, 11) is 0. The standard InChI is InChI=1S/C14H18ClNO2/c1-3-7-18-14-6-5-12(15)8-11(14)9-16-13(4-2)10-17/h1,5-6,8,13,16-17H,4,7,9-10H2,2H3/t13-/m1/s1. The van der Waals surface area contributed by atoms with Crippen molar-refractivity contribution in [2.45, 2.75) is 25.9 Å². The van der Waals surface area contributed by atoms with Crippen LogP contribution in [0.5, 0.6) is 5.75 Å². The van der Waals surface area contributed by atoms with Crippen molar-refractivity contribution in [1.82, 2.24) is 5.32 Å². The number of aliphatic hydroxyl groups excluding tert-OH is 1. The molecule has 0 radical (unpaired) electrons. The normalized spacial score (nSPS) is 11.9. The average molecular weight is 268 g/mol. The molecule has 2 N–H and O–H groups in total. The summed E-state index contributed by atoms with van der Waals surface area (Å²) >= 11 is 5.96. The molecule has 0 saturated heterocycles. The van der Waals surface area contributed by atoms with Crippen LogP contribution in [0.2, 0.25) is 5.02 Å². The smallest absolute Gasteiger partial charge is 0.148 e. The van der Waals surface area contributed by atoms with Gasteiger partial charge in [-0.2, -0.15) is 0 Å². The molecule has 0 unspecified atom stereocenters. The number of hydrogen-bond acceptors (Lipinski definition) is 3. The molecule has 4 heteroatoms. The van der Waals surface area contributed by atoms with Crippen LogP contribution in [0.15, 0.2) is 18.2 Å². The number of hydrogen-bond donors (Lipinski definition) is 2. The fourth-order valence-corrected chi connectivity index (χ4v) is 1.73. The van der Waals surface area contributed by atoms with Gasteiger partial charge in [-0.15, -0.1) is 6.42 Å². The van der Waals surface area contributed by atoms with E-state index in [0.717, 1.165) is 17.7 Å². The second kappa shape index (κ2) is 7.99. The summed E-state index contributed by atoms with van der Waals surface area (Å²) in [6.45, 7) is 2.94. The molecule has 0 amide bonds. The van der Waals surface area contributed by atoms with Gasteiger partial charge in [0.05, 0.1) is 6.61 Å². The Morgan fingerprint density at radius 3 is 2.94 bits per heavy atom. The lowest BCUT2D eigenvalue weighted by Gasteiger charge is -2.16. The van der Waals surface area contributed by atoms with Crippen molar-refractivity contribution in [1.29, 1.82) is 0 Å². The highest BCUT2D eigenvalue weighted by Crippen LogP contribution is 2.23. The van der Waals surface area contributed by atoms with Gasteiger partial charge < -0.3 is 15.2 Å². The highest BCUT2D eigenvalue weighted by atomic mass is 35.5. The summed E-state index contributed by atoms with van der Waals surface area (Å²) in [5.41, 5.74) is 0.935. The molecule has 0 bridgehead atoms. The van der Waals surface area contributed by atoms with E-state index in [1.165, 1.54) is 0 Å². The monoisotopic (exact) mass is 267 g/mol. The molecule has 3 nitrogen and oxygen atoms in total. The van der Waals surface area contributed by atoms with Crippen molar-refractivity contribution in [2.24, 2.45) is 0 Å². The Morgan fingerprint density at radius 1 is 1.56 bits per heavy atom. The van der Waals surface area contributed by atoms with Gasteiger partial charge in [0, 0.05) is 23.2 Å². The van der Waals surface area contributed by atoms with Gasteiger partial charge in [-0.1, -0.05) is 24.4 Å². The molecule has 0 aliphatic rings. The molecule has 0 fully saturated rings. The molecule has 0 heterocycles. The first-order valence-electron chi connectivity index (χ1n) is 5.90. The number of rotatable bonds is 7. The lowest BCUT2D eigenvalue weighted by atomic mass is 10.1. The molecule has 0 aliphatic heterocycles. The van der Waals surface area contributed by atoms with Crippen molar-refractivity contribution >= 4 is 11.6 Å². The van der Waals surface area contributed by atoms with Crippen LogP contribution < -0.4 is 10.1 Å². The Hall–Kier alpha value is -1.21. The van der Waals surface area contributed by atoms with E-state index in [-0.39, 0.29) is 19.3 Å². The van der Waals surface area contributed by atoms with E-state index < -0.39 is 0 Å². The first-order valence-corrected chi connectivity index (χ1v) is 6.28. The van der Waals surface area contributed by atoms with Gasteiger partial charge in [0.1, 0.15) is 12.4 Å². The number of aliphatic hydroxyl groups is 1. The predicted octanol–water partition coefficient (Wildman–Crippen LogP) is 2.21. The van der Waals surface area contributed by atoms with Crippen LogP contribution in [-0.2, 0) is 6.54 Å². The minimum absolute atomic E-state index is 0.0736. The third kappa shape index (κ3) is 4.58. The second-order valence-corrected chi connectivity index (χ2v) is 4.35. The van der Waals surface area contributed by atoms with Gasteiger partial charge in [0.15, 0.2) is 0 Å². The maximum Gasteiger partial charge on any atom is 0.148 e. The third-order valence-electron chi connectivity index (χ3n) is 2.63. The van der Waals surface area contributed by atoms with Crippen molar-refractivity contribution in [3.05, 3.63) is 28.8 Å². The van der Waals surface area contributed by atoms with Gasteiger partial charge in [0.2, 0.25) is 0 Å². The lowest BCUT2D eigenvalue weighted by molar-refractivity contribution is 0.237. The maximum atomic E-state index is 9.12. The van der Waals surface area contributed by atoms with Crippen LogP contribution >= 0.6 is 11.6 Å². The van der Waals surface area contributed by atoms with E-state index in [9.17, 15) is 0 Å². The van der Waals surface area contributed by atoms with Gasteiger partial charge in [-0.3, -0.25) is 0 Å². The molecule has 98 valence electrons. The van der Waals surface area contributed by atoms with Crippen molar-refractivity contribution in [3.8, 4) is 18.1 Å². The van der Waals surface area contributed by atoms with Crippen molar-refractivity contribution in [2.75, 3.05) is 13.2 Å². The van der Waals surface area contributed by atoms with E-state index in [1.54, 1.807) is 12.1 Å². The summed E-state index contributed by atoms with van der Waals surface area (Å²) in [6.07, 6.45) is 6.03. The van der Waals surface area contributed by atoms with Crippen LogP contribution in [-0.4, -0.2) is 24.4 Å². The third-order valence-corrected chi connectivity index (χ3v) is 2.86. The molecular formula is C14H18ClNO2. The fourth-order valence-electron chi connectivity index (χ4n) is 1.54. The molecule has 1 aromatic rings. The van der Waals surface area contributed by atoms with E-state index in [1.807, 2.05) is 13.0 Å². The van der Waals surface area contributed by atoms with Crippen LogP contribution in [0.25, 0.3) is 0 Å². The number of ether oxygens (including phenoxy) is 1. The number of terminal acetylenes is 1. The van der Waals surface area contributed by atoms with Gasteiger partial charge in [-0.25, -0.2) is 0 Å². The molecule has 0 saturated carbocycles. The van der Waals surface area contributed by atoms with Crippen molar-refractivity contribution < 1.29 is 9.84 Å². The summed E-state index contributed by atoms with van der Waals surface area (Å²) in [4.78, 5) is 0. The lowest BCUT2D eigenvalue weighted by Crippen LogP contribution is -2.31. The Kier molecular flexibility index (Phi) is 6.59. The summed E-state index contributed by atoms with van der Waals surface area (Å²) < 4.78 is 5.44. The molecule has 0 spiro atoms. The second-order valence-electron chi connectivity index (χ2n) is 3.91. The van der Waals surface area contributed by atoms with Crippen LogP contribution in [0, 0.1) is 12.3 Å². The zero-order valence-corrected chi connectivity index (χ0v) is 11.2. The number of benzene rings is 1. The zero-order chi connectivity index (χ0) is 13.4. The summed E-state index contributed by atoms with van der Waals surface area (Å²) in [5, 5.41) is 13.0. The predicted molar refractivity (Wildman–Crippen MR) is 73.8 cm³/mol. The molecule has 1 atom stereocenters. The Balaban J connectivity index is 2.72. The Bertz CT molecular complexity index is 411. The van der Waals surface area contributed by atoms with Gasteiger partial charge in [-0.05, 0) is 24.6 Å². The minimum atomic E-state index is 0.0736. The average Bonchev–Trinajstić information content (AvgIpc) is 2.39. The van der Waals surface area contributed by atoms with E-state index in [0.29, 0.717) is 11.6 Å². The first-order chi connectivity index (χ1) is 8.71. The topological polar surface area (TPSA) is 41.5 Å². The SMILES string of the molecule is C#CCOc1ccc(Cl)cc1CN[C@H](CC)CO. The molecule has 1 aromatic carbocycles. The molecule has 18 heavy (non-hydrogen) atoms. The number of nitrogens with one attached hydrogen (secondary N) is 1. The van der Waals surface area contributed by atoms with E-state index in [4.69, 9.17) is 27.9 Å². The highest BCUT2D eigenvalue weighted by Gasteiger charge is 2.08. The number of halogens is 1. The molecule has 0 aliphatic carbocycles. The Labute approximate surface area is 113 Å². The zero-order valence-electron chi connectivity index (χ0n) is 10.4.